The van der Waals surface area contributed by atoms with Crippen molar-refractivity contribution in [2.45, 2.75) is 26.4 Å². The van der Waals surface area contributed by atoms with Crippen molar-refractivity contribution in [3.05, 3.63) is 0 Å². The Labute approximate surface area is 88.2 Å². The summed E-state index contributed by atoms with van der Waals surface area (Å²) < 4.78 is 0. The Morgan fingerprint density at radius 2 is 1.86 bits per heavy atom. The molecule has 0 aliphatic rings. The predicted molar refractivity (Wildman–Crippen MR) is 62.3 cm³/mol. The molecule has 14 heavy (non-hydrogen) atoms. The third kappa shape index (κ3) is 7.26. The Bertz CT molecular complexity index is 115. The highest BCUT2D eigenvalue weighted by Gasteiger charge is 2.05. The minimum Gasteiger partial charge on any atom is -0.320 e. The minimum absolute atomic E-state index is 0.103. The lowest BCUT2D eigenvalue weighted by Crippen LogP contribution is -2.47. The number of rotatable bonds is 9. The monoisotopic (exact) mass is 202 g/mol. The lowest BCUT2D eigenvalue weighted by Gasteiger charge is -2.23. The first-order valence-electron chi connectivity index (χ1n) is 5.60. The Balaban J connectivity index is 3.38. The van der Waals surface area contributed by atoms with Gasteiger partial charge in [-0.25, -0.2) is 0 Å². The summed E-state index contributed by atoms with van der Waals surface area (Å²) in [6.07, 6.45) is 1.23. The van der Waals surface area contributed by atoms with Crippen molar-refractivity contribution in [2.24, 2.45) is 5.73 Å². The van der Waals surface area contributed by atoms with Gasteiger partial charge in [0.15, 0.2) is 0 Å². The minimum atomic E-state index is 0.103. The van der Waals surface area contributed by atoms with Crippen LogP contribution in [0.3, 0.4) is 0 Å². The zero-order valence-corrected chi connectivity index (χ0v) is 9.84. The second kappa shape index (κ2) is 9.40. The van der Waals surface area contributed by atoms with E-state index in [4.69, 9.17) is 5.73 Å². The van der Waals surface area contributed by atoms with Crippen LogP contribution >= 0.6 is 0 Å². The van der Waals surface area contributed by atoms with E-state index in [-0.39, 0.29) is 6.17 Å². The number of nitrogens with two attached hydrogens (primary N) is 1. The maximum atomic E-state index is 5.93. The van der Waals surface area contributed by atoms with E-state index in [2.05, 4.69) is 29.4 Å². The molecule has 0 fully saturated rings. The molecule has 4 N–H and O–H groups in total. The van der Waals surface area contributed by atoms with Crippen molar-refractivity contribution in [1.82, 2.24) is 15.5 Å². The summed E-state index contributed by atoms with van der Waals surface area (Å²) in [5.41, 5.74) is 5.93. The Kier molecular flexibility index (Phi) is 9.29. The Hall–Kier alpha value is -0.160. The highest BCUT2D eigenvalue weighted by molar-refractivity contribution is 4.64. The van der Waals surface area contributed by atoms with E-state index in [0.717, 1.165) is 39.1 Å². The van der Waals surface area contributed by atoms with Gasteiger partial charge in [0.25, 0.3) is 0 Å². The van der Waals surface area contributed by atoms with E-state index in [9.17, 15) is 0 Å². The van der Waals surface area contributed by atoms with E-state index in [1.807, 2.05) is 7.05 Å². The second-order valence-electron chi connectivity index (χ2n) is 3.50. The largest absolute Gasteiger partial charge is 0.320 e. The second-order valence-corrected chi connectivity index (χ2v) is 3.50. The summed E-state index contributed by atoms with van der Waals surface area (Å²) in [4.78, 5) is 2.33. The molecule has 0 aliphatic heterocycles. The third-order valence-corrected chi connectivity index (χ3v) is 2.36. The fourth-order valence-electron chi connectivity index (χ4n) is 1.38. The average Bonchev–Trinajstić information content (AvgIpc) is 2.21. The molecule has 4 heteroatoms. The van der Waals surface area contributed by atoms with Gasteiger partial charge in [-0.1, -0.05) is 13.8 Å². The van der Waals surface area contributed by atoms with Gasteiger partial charge in [0.1, 0.15) is 0 Å². The summed E-state index contributed by atoms with van der Waals surface area (Å²) >= 11 is 0. The highest BCUT2D eigenvalue weighted by atomic mass is 15.2. The number of likely N-dealkylation sites (N-methyl/N-ethyl adjacent to an activating group) is 1. The molecule has 1 unspecified atom stereocenters. The van der Waals surface area contributed by atoms with Crippen LogP contribution in [0.1, 0.15) is 20.3 Å². The third-order valence-electron chi connectivity index (χ3n) is 2.36. The molecule has 0 saturated heterocycles. The van der Waals surface area contributed by atoms with Gasteiger partial charge < -0.3 is 21.3 Å². The van der Waals surface area contributed by atoms with Crippen molar-refractivity contribution in [3.8, 4) is 0 Å². The van der Waals surface area contributed by atoms with Gasteiger partial charge in [0, 0.05) is 6.54 Å². The molecule has 0 aromatic carbocycles. The van der Waals surface area contributed by atoms with Crippen LogP contribution in [0.25, 0.3) is 0 Å². The fourth-order valence-corrected chi connectivity index (χ4v) is 1.38. The molecule has 1 atom stereocenters. The predicted octanol–water partition coefficient (Wildman–Crippen LogP) is -0.188. The van der Waals surface area contributed by atoms with Gasteiger partial charge in [0.05, 0.1) is 6.17 Å². The summed E-state index contributed by atoms with van der Waals surface area (Å²) in [5.74, 6) is 0. The van der Waals surface area contributed by atoms with Gasteiger partial charge in [-0.3, -0.25) is 0 Å². The smallest absolute Gasteiger partial charge is 0.0677 e. The maximum Gasteiger partial charge on any atom is 0.0677 e. The van der Waals surface area contributed by atoms with Gasteiger partial charge in [0.2, 0.25) is 0 Å². The molecule has 0 saturated carbocycles. The summed E-state index contributed by atoms with van der Waals surface area (Å²) in [6.45, 7) is 9.44. The van der Waals surface area contributed by atoms with E-state index < -0.39 is 0 Å². The molecule has 0 aromatic heterocycles. The molecular weight excluding hydrogens is 176 g/mol. The van der Waals surface area contributed by atoms with Gasteiger partial charge in [-0.2, -0.15) is 0 Å². The molecule has 0 heterocycles. The lowest BCUT2D eigenvalue weighted by molar-refractivity contribution is 0.266. The SMILES string of the molecule is CCN(CC)CC(N)NCCCNC. The Morgan fingerprint density at radius 1 is 1.21 bits per heavy atom. The zero-order chi connectivity index (χ0) is 10.8. The van der Waals surface area contributed by atoms with Crippen LogP contribution in [0.5, 0.6) is 0 Å². The van der Waals surface area contributed by atoms with Crippen LogP contribution in [0.2, 0.25) is 0 Å². The number of nitrogens with zero attached hydrogens (tertiary/aromatic N) is 1. The van der Waals surface area contributed by atoms with Crippen molar-refractivity contribution < 1.29 is 0 Å². The van der Waals surface area contributed by atoms with E-state index in [1.54, 1.807) is 0 Å². The quantitative estimate of drug-likeness (QED) is 0.358. The van der Waals surface area contributed by atoms with Crippen molar-refractivity contribution in [2.75, 3.05) is 39.8 Å². The molecule has 0 aromatic rings. The summed E-state index contributed by atoms with van der Waals surface area (Å²) in [6, 6.07) is 0. The van der Waals surface area contributed by atoms with Crippen LogP contribution < -0.4 is 16.4 Å². The van der Waals surface area contributed by atoms with Crippen LogP contribution in [0.15, 0.2) is 0 Å². The summed E-state index contributed by atoms with van der Waals surface area (Å²) in [7, 11) is 1.97. The van der Waals surface area contributed by atoms with Crippen LogP contribution in [-0.4, -0.2) is 50.8 Å². The van der Waals surface area contributed by atoms with E-state index in [0.29, 0.717) is 0 Å². The molecule has 4 nitrogen and oxygen atoms in total. The molecule has 0 radical (unpaired) electrons. The molecule has 0 amide bonds. The van der Waals surface area contributed by atoms with E-state index in [1.165, 1.54) is 0 Å². The van der Waals surface area contributed by atoms with Gasteiger partial charge >= 0.3 is 0 Å². The molecule has 86 valence electrons. The summed E-state index contributed by atoms with van der Waals surface area (Å²) in [5, 5.41) is 6.43. The molecule has 0 aliphatic carbocycles. The van der Waals surface area contributed by atoms with Crippen molar-refractivity contribution in [3.63, 3.8) is 0 Å². The van der Waals surface area contributed by atoms with Crippen molar-refractivity contribution in [1.29, 1.82) is 0 Å². The topological polar surface area (TPSA) is 53.3 Å². The van der Waals surface area contributed by atoms with Gasteiger partial charge in [-0.05, 0) is 39.6 Å². The first kappa shape index (κ1) is 13.8. The molecule has 0 spiro atoms. The van der Waals surface area contributed by atoms with Crippen LogP contribution in [0.4, 0.5) is 0 Å². The maximum absolute atomic E-state index is 5.93. The van der Waals surface area contributed by atoms with Crippen LogP contribution in [-0.2, 0) is 0 Å². The molecule has 0 bridgehead atoms. The molecular formula is C10H26N4. The van der Waals surface area contributed by atoms with Crippen molar-refractivity contribution >= 4 is 0 Å². The number of nitrogens with one attached hydrogen (secondary N) is 2. The Morgan fingerprint density at radius 3 is 2.36 bits per heavy atom. The van der Waals surface area contributed by atoms with E-state index >= 15 is 0 Å². The standard InChI is InChI=1S/C10H26N4/c1-4-14(5-2)9-10(11)13-8-6-7-12-3/h10,12-13H,4-9,11H2,1-3H3. The molecule has 0 rings (SSSR count). The zero-order valence-electron chi connectivity index (χ0n) is 9.84. The average molecular weight is 202 g/mol. The first-order valence-corrected chi connectivity index (χ1v) is 5.60. The first-order chi connectivity index (χ1) is 6.74. The number of hydrogen-bond donors (Lipinski definition) is 3. The fraction of sp³-hybridized carbons (Fsp3) is 1.00. The van der Waals surface area contributed by atoms with Gasteiger partial charge in [-0.15, -0.1) is 0 Å². The lowest BCUT2D eigenvalue weighted by atomic mass is 10.3. The van der Waals surface area contributed by atoms with Crippen LogP contribution in [0, 0.1) is 0 Å². The highest BCUT2D eigenvalue weighted by Crippen LogP contribution is 1.87. The number of hydrogen-bond acceptors (Lipinski definition) is 4. The normalized spacial score (nSPS) is 13.5.